The second-order valence-electron chi connectivity index (χ2n) is 7.35. The van der Waals surface area contributed by atoms with E-state index < -0.39 is 0 Å². The van der Waals surface area contributed by atoms with Gasteiger partial charge in [0, 0.05) is 52.9 Å². The highest BCUT2D eigenvalue weighted by Crippen LogP contribution is 2.16. The number of aliphatic imine (C=N–C) groups is 1. The predicted octanol–water partition coefficient (Wildman–Crippen LogP) is 2.73. The van der Waals surface area contributed by atoms with Crippen LogP contribution >= 0.6 is 0 Å². The summed E-state index contributed by atoms with van der Waals surface area (Å²) in [6.45, 7) is 7.39. The van der Waals surface area contributed by atoms with Crippen molar-refractivity contribution in [3.8, 4) is 0 Å². The summed E-state index contributed by atoms with van der Waals surface area (Å²) in [7, 11) is 1.88. The van der Waals surface area contributed by atoms with Crippen molar-refractivity contribution >= 4 is 5.96 Å². The molecule has 0 atom stereocenters. The molecular weight excluding hydrogens is 324 g/mol. The Morgan fingerprint density at radius 2 is 1.85 bits per heavy atom. The summed E-state index contributed by atoms with van der Waals surface area (Å²) in [4.78, 5) is 9.27. The molecule has 1 aromatic carbocycles. The van der Waals surface area contributed by atoms with Gasteiger partial charge in [-0.05, 0) is 37.7 Å². The third-order valence-electron chi connectivity index (χ3n) is 5.36. The van der Waals surface area contributed by atoms with E-state index in [1.807, 2.05) is 7.05 Å². The van der Waals surface area contributed by atoms with Crippen molar-refractivity contribution < 1.29 is 4.74 Å². The molecule has 144 valence electrons. The fourth-order valence-corrected chi connectivity index (χ4v) is 3.86. The van der Waals surface area contributed by atoms with Crippen molar-refractivity contribution in [2.45, 2.75) is 44.8 Å². The Hall–Kier alpha value is -1.59. The van der Waals surface area contributed by atoms with Crippen LogP contribution in [0.2, 0.25) is 0 Å². The zero-order valence-corrected chi connectivity index (χ0v) is 16.2. The topological polar surface area (TPSA) is 40.1 Å². The predicted molar refractivity (Wildman–Crippen MR) is 107 cm³/mol. The summed E-state index contributed by atoms with van der Waals surface area (Å²) < 4.78 is 6.10. The Kier molecular flexibility index (Phi) is 7.77. The molecule has 5 heteroatoms. The normalized spacial score (nSPS) is 19.9. The number of likely N-dealkylation sites (tertiary alicyclic amines) is 2. The summed E-state index contributed by atoms with van der Waals surface area (Å²) in [6.07, 6.45) is 6.34. The van der Waals surface area contributed by atoms with Crippen molar-refractivity contribution in [3.63, 3.8) is 0 Å². The molecule has 1 aromatic rings. The molecular formula is C21H34N4O. The van der Waals surface area contributed by atoms with Gasteiger partial charge in [0.2, 0.25) is 0 Å². The highest BCUT2D eigenvalue weighted by Gasteiger charge is 2.19. The maximum absolute atomic E-state index is 6.10. The Bertz CT molecular complexity index is 534. The molecule has 3 rings (SSSR count). The molecule has 2 aliphatic heterocycles. The number of rotatable bonds is 7. The van der Waals surface area contributed by atoms with Gasteiger partial charge in [0.1, 0.15) is 0 Å². The lowest BCUT2D eigenvalue weighted by Gasteiger charge is -2.32. The van der Waals surface area contributed by atoms with Gasteiger partial charge in [-0.2, -0.15) is 0 Å². The van der Waals surface area contributed by atoms with Gasteiger partial charge in [0.25, 0.3) is 0 Å². The van der Waals surface area contributed by atoms with E-state index in [9.17, 15) is 0 Å². The molecule has 0 saturated carbocycles. The fourth-order valence-electron chi connectivity index (χ4n) is 3.86. The number of ether oxygens (including phenoxy) is 1. The number of hydrogen-bond acceptors (Lipinski definition) is 3. The molecule has 0 bridgehead atoms. The molecule has 2 aliphatic rings. The zero-order valence-electron chi connectivity index (χ0n) is 16.2. The van der Waals surface area contributed by atoms with E-state index in [-0.39, 0.29) is 0 Å². The van der Waals surface area contributed by atoms with Crippen molar-refractivity contribution in [2.24, 2.45) is 4.99 Å². The molecule has 26 heavy (non-hydrogen) atoms. The Morgan fingerprint density at radius 3 is 2.54 bits per heavy atom. The third-order valence-corrected chi connectivity index (χ3v) is 5.36. The summed E-state index contributed by atoms with van der Waals surface area (Å²) in [5.41, 5.74) is 1.41. The zero-order chi connectivity index (χ0) is 18.0. The average Bonchev–Trinajstić information content (AvgIpc) is 3.21. The smallest absolute Gasteiger partial charge is 0.193 e. The number of nitrogens with zero attached hydrogens (tertiary/aromatic N) is 3. The van der Waals surface area contributed by atoms with Crippen LogP contribution in [-0.4, -0.2) is 68.2 Å². The van der Waals surface area contributed by atoms with Crippen LogP contribution in [0.25, 0.3) is 0 Å². The summed E-state index contributed by atoms with van der Waals surface area (Å²) in [5.74, 6) is 1.05. The number of guanidine groups is 1. The van der Waals surface area contributed by atoms with Crippen LogP contribution in [0.5, 0.6) is 0 Å². The molecule has 2 heterocycles. The lowest BCUT2D eigenvalue weighted by Crippen LogP contribution is -2.40. The Labute approximate surface area is 158 Å². The van der Waals surface area contributed by atoms with Crippen LogP contribution in [0, 0.1) is 0 Å². The van der Waals surface area contributed by atoms with Gasteiger partial charge in [0.15, 0.2) is 5.96 Å². The first kappa shape index (κ1) is 19.2. The minimum absolute atomic E-state index is 0.430. The molecule has 0 aromatic heterocycles. The number of nitrogens with one attached hydrogen (secondary N) is 1. The first-order chi connectivity index (χ1) is 12.8. The fraction of sp³-hybridized carbons (Fsp3) is 0.667. The summed E-state index contributed by atoms with van der Waals surface area (Å²) in [5, 5.41) is 3.47. The van der Waals surface area contributed by atoms with Crippen LogP contribution in [0.15, 0.2) is 35.3 Å². The van der Waals surface area contributed by atoms with Crippen molar-refractivity contribution in [2.75, 3.05) is 46.4 Å². The van der Waals surface area contributed by atoms with E-state index in [4.69, 9.17) is 4.74 Å². The molecule has 2 saturated heterocycles. The van der Waals surface area contributed by atoms with Crippen molar-refractivity contribution in [1.29, 1.82) is 0 Å². The molecule has 0 radical (unpaired) electrons. The molecule has 2 fully saturated rings. The lowest BCUT2D eigenvalue weighted by molar-refractivity contribution is 0.00531. The highest BCUT2D eigenvalue weighted by molar-refractivity contribution is 5.80. The van der Waals surface area contributed by atoms with Crippen LogP contribution < -0.4 is 5.32 Å². The van der Waals surface area contributed by atoms with Gasteiger partial charge in [-0.25, -0.2) is 0 Å². The first-order valence-electron chi connectivity index (χ1n) is 10.2. The maximum atomic E-state index is 6.10. The monoisotopic (exact) mass is 358 g/mol. The molecule has 0 spiro atoms. The summed E-state index contributed by atoms with van der Waals surface area (Å²) >= 11 is 0. The lowest BCUT2D eigenvalue weighted by atomic mass is 10.1. The van der Waals surface area contributed by atoms with E-state index in [1.165, 1.54) is 18.4 Å². The van der Waals surface area contributed by atoms with Gasteiger partial charge in [0.05, 0.1) is 6.10 Å². The van der Waals surface area contributed by atoms with Crippen LogP contribution in [0.3, 0.4) is 0 Å². The Balaban J connectivity index is 1.25. The first-order valence-corrected chi connectivity index (χ1v) is 10.2. The van der Waals surface area contributed by atoms with Gasteiger partial charge < -0.3 is 15.0 Å². The number of piperidine rings is 1. The standard InChI is InChI=1S/C21H34N4O/c1-22-21(25-13-5-6-14-25)23-12-7-17-26-20-10-15-24(16-11-20)18-19-8-3-2-4-9-19/h2-4,8-9,20H,5-7,10-18H2,1H3,(H,22,23). The quantitative estimate of drug-likeness (QED) is 0.462. The SMILES string of the molecule is CN=C(NCCCOC1CCN(Cc2ccccc2)CC1)N1CCCC1. The molecule has 0 unspecified atom stereocenters. The van der Waals surface area contributed by atoms with Crippen molar-refractivity contribution in [3.05, 3.63) is 35.9 Å². The Morgan fingerprint density at radius 1 is 1.12 bits per heavy atom. The van der Waals surface area contributed by atoms with E-state index in [2.05, 4.69) is 50.4 Å². The average molecular weight is 359 g/mol. The van der Waals surface area contributed by atoms with Gasteiger partial charge in [-0.15, -0.1) is 0 Å². The van der Waals surface area contributed by atoms with E-state index in [1.54, 1.807) is 0 Å². The second kappa shape index (κ2) is 10.5. The van der Waals surface area contributed by atoms with Gasteiger partial charge in [-0.3, -0.25) is 9.89 Å². The minimum atomic E-state index is 0.430. The minimum Gasteiger partial charge on any atom is -0.378 e. The van der Waals surface area contributed by atoms with Crippen LogP contribution in [0.1, 0.15) is 37.7 Å². The largest absolute Gasteiger partial charge is 0.378 e. The van der Waals surface area contributed by atoms with E-state index >= 15 is 0 Å². The van der Waals surface area contributed by atoms with Crippen molar-refractivity contribution in [1.82, 2.24) is 15.1 Å². The van der Waals surface area contributed by atoms with Gasteiger partial charge >= 0.3 is 0 Å². The molecule has 1 N–H and O–H groups in total. The molecule has 0 aliphatic carbocycles. The van der Waals surface area contributed by atoms with Crippen LogP contribution in [0.4, 0.5) is 0 Å². The third kappa shape index (κ3) is 5.99. The molecule has 0 amide bonds. The van der Waals surface area contributed by atoms with Crippen LogP contribution in [-0.2, 0) is 11.3 Å². The summed E-state index contributed by atoms with van der Waals surface area (Å²) in [6, 6.07) is 10.8. The van der Waals surface area contributed by atoms with E-state index in [0.717, 1.165) is 71.1 Å². The van der Waals surface area contributed by atoms with Gasteiger partial charge in [-0.1, -0.05) is 30.3 Å². The second-order valence-corrected chi connectivity index (χ2v) is 7.35. The maximum Gasteiger partial charge on any atom is 0.193 e. The number of benzene rings is 1. The number of hydrogen-bond donors (Lipinski definition) is 1. The van der Waals surface area contributed by atoms with E-state index in [0.29, 0.717) is 6.10 Å². The molecule has 5 nitrogen and oxygen atoms in total. The highest BCUT2D eigenvalue weighted by atomic mass is 16.5.